The van der Waals surface area contributed by atoms with E-state index in [0.717, 1.165) is 36.3 Å². The molecular formula is C17H19N5O. The summed E-state index contributed by atoms with van der Waals surface area (Å²) in [7, 11) is 1.90. The first-order valence-corrected chi connectivity index (χ1v) is 7.88. The number of pyridine rings is 1. The molecule has 1 fully saturated rings. The number of aromatic nitrogens is 4. The maximum absolute atomic E-state index is 12.9. The van der Waals surface area contributed by atoms with Gasteiger partial charge in [-0.15, -0.1) is 0 Å². The molecule has 0 saturated carbocycles. The number of aryl methyl sites for hydroxylation is 2. The Kier molecular flexibility index (Phi) is 3.18. The minimum atomic E-state index is -0.000506. The van der Waals surface area contributed by atoms with Crippen LogP contribution in [0.1, 0.15) is 40.6 Å². The van der Waals surface area contributed by atoms with Gasteiger partial charge in [-0.2, -0.15) is 5.10 Å². The summed E-state index contributed by atoms with van der Waals surface area (Å²) in [5, 5.41) is 4.23. The third kappa shape index (κ3) is 2.30. The Bertz CT molecular complexity index is 878. The lowest BCUT2D eigenvalue weighted by atomic mass is 10.1. The third-order valence-corrected chi connectivity index (χ3v) is 4.54. The lowest BCUT2D eigenvalue weighted by molar-refractivity contribution is 0.0730. The van der Waals surface area contributed by atoms with E-state index >= 15 is 0 Å². The maximum atomic E-state index is 12.9. The summed E-state index contributed by atoms with van der Waals surface area (Å²) in [6.45, 7) is 2.78. The van der Waals surface area contributed by atoms with Crippen LogP contribution in [-0.4, -0.2) is 36.5 Å². The van der Waals surface area contributed by atoms with Crippen LogP contribution in [-0.2, 0) is 7.05 Å². The number of carbonyl (C=O) groups is 1. The number of likely N-dealkylation sites (tertiary alicyclic amines) is 1. The van der Waals surface area contributed by atoms with E-state index in [0.29, 0.717) is 5.69 Å². The summed E-state index contributed by atoms with van der Waals surface area (Å²) in [6.07, 6.45) is 7.67. The van der Waals surface area contributed by atoms with Crippen molar-refractivity contribution in [3.05, 3.63) is 53.7 Å². The van der Waals surface area contributed by atoms with Crippen LogP contribution in [0.15, 0.2) is 36.8 Å². The average molecular weight is 309 g/mol. The van der Waals surface area contributed by atoms with Crippen molar-refractivity contribution in [3.8, 4) is 0 Å². The fourth-order valence-electron chi connectivity index (χ4n) is 3.37. The number of rotatable bonds is 2. The minimum absolute atomic E-state index is 0.000506. The van der Waals surface area contributed by atoms with Crippen molar-refractivity contribution in [2.24, 2.45) is 7.05 Å². The second-order valence-electron chi connectivity index (χ2n) is 6.13. The molecule has 0 spiro atoms. The predicted octanol–water partition coefficient (Wildman–Crippen LogP) is 2.35. The molecule has 1 aliphatic rings. The molecule has 0 aromatic carbocycles. The topological polar surface area (TPSA) is 55.4 Å². The fourth-order valence-corrected chi connectivity index (χ4v) is 3.37. The SMILES string of the molecule is Cc1cccc2nc(C(=O)N3CCCC3c3cnn(C)c3)cn12. The summed E-state index contributed by atoms with van der Waals surface area (Å²) >= 11 is 0. The van der Waals surface area contributed by atoms with Gasteiger partial charge in [-0.3, -0.25) is 9.48 Å². The fraction of sp³-hybridized carbons (Fsp3) is 0.353. The summed E-state index contributed by atoms with van der Waals surface area (Å²) in [5.74, 6) is -0.000506. The molecule has 23 heavy (non-hydrogen) atoms. The Labute approximate surface area is 134 Å². The second-order valence-corrected chi connectivity index (χ2v) is 6.13. The Hall–Kier alpha value is -2.63. The van der Waals surface area contributed by atoms with E-state index < -0.39 is 0 Å². The molecule has 0 N–H and O–H groups in total. The van der Waals surface area contributed by atoms with Crippen LogP contribution in [0.4, 0.5) is 0 Å². The van der Waals surface area contributed by atoms with Crippen molar-refractivity contribution >= 4 is 11.6 Å². The Balaban J connectivity index is 1.68. The molecule has 1 saturated heterocycles. The molecule has 1 amide bonds. The molecule has 4 heterocycles. The van der Waals surface area contributed by atoms with Crippen LogP contribution >= 0.6 is 0 Å². The highest BCUT2D eigenvalue weighted by atomic mass is 16.2. The molecule has 3 aromatic heterocycles. The van der Waals surface area contributed by atoms with Gasteiger partial charge in [0.1, 0.15) is 11.3 Å². The normalized spacial score (nSPS) is 18.0. The minimum Gasteiger partial charge on any atom is -0.330 e. The summed E-state index contributed by atoms with van der Waals surface area (Å²) < 4.78 is 3.74. The number of fused-ring (bicyclic) bond motifs is 1. The number of hydrogen-bond donors (Lipinski definition) is 0. The zero-order chi connectivity index (χ0) is 16.0. The molecule has 118 valence electrons. The zero-order valence-corrected chi connectivity index (χ0v) is 13.3. The molecule has 1 atom stereocenters. The number of nitrogens with zero attached hydrogens (tertiary/aromatic N) is 5. The molecule has 6 nitrogen and oxygen atoms in total. The van der Waals surface area contributed by atoms with E-state index in [1.165, 1.54) is 0 Å². The van der Waals surface area contributed by atoms with E-state index in [1.807, 2.05) is 60.1 Å². The lowest BCUT2D eigenvalue weighted by Crippen LogP contribution is -2.30. The molecule has 0 radical (unpaired) electrons. The largest absolute Gasteiger partial charge is 0.330 e. The first kappa shape index (κ1) is 14.0. The standard InChI is InChI=1S/C17H19N5O/c1-12-5-3-7-16-19-14(11-22(12)16)17(23)21-8-4-6-15(21)13-9-18-20(2)10-13/h3,5,7,9-11,15H,4,6,8H2,1-2H3. The highest BCUT2D eigenvalue weighted by molar-refractivity contribution is 5.93. The van der Waals surface area contributed by atoms with Crippen molar-refractivity contribution in [2.45, 2.75) is 25.8 Å². The highest BCUT2D eigenvalue weighted by Gasteiger charge is 2.32. The molecular weight excluding hydrogens is 290 g/mol. The van der Waals surface area contributed by atoms with Gasteiger partial charge in [0.2, 0.25) is 0 Å². The molecule has 6 heteroatoms. The smallest absolute Gasteiger partial charge is 0.274 e. The van der Waals surface area contributed by atoms with Gasteiger partial charge < -0.3 is 9.30 Å². The van der Waals surface area contributed by atoms with Crippen molar-refractivity contribution in [1.29, 1.82) is 0 Å². The van der Waals surface area contributed by atoms with Crippen LogP contribution in [0.3, 0.4) is 0 Å². The van der Waals surface area contributed by atoms with E-state index in [2.05, 4.69) is 10.1 Å². The lowest BCUT2D eigenvalue weighted by Gasteiger charge is -2.22. The molecule has 0 bridgehead atoms. The maximum Gasteiger partial charge on any atom is 0.274 e. The van der Waals surface area contributed by atoms with Gasteiger partial charge in [-0.25, -0.2) is 4.98 Å². The number of imidazole rings is 1. The predicted molar refractivity (Wildman–Crippen MR) is 86.1 cm³/mol. The molecule has 3 aromatic rings. The summed E-state index contributed by atoms with van der Waals surface area (Å²) in [6, 6.07) is 5.99. The van der Waals surface area contributed by atoms with Gasteiger partial charge in [0.25, 0.3) is 5.91 Å². The van der Waals surface area contributed by atoms with Gasteiger partial charge in [0, 0.05) is 37.2 Å². The summed E-state index contributed by atoms with van der Waals surface area (Å²) in [4.78, 5) is 19.4. The summed E-state index contributed by atoms with van der Waals surface area (Å²) in [5.41, 5.74) is 3.48. The van der Waals surface area contributed by atoms with Gasteiger partial charge in [-0.1, -0.05) is 6.07 Å². The monoisotopic (exact) mass is 309 g/mol. The van der Waals surface area contributed by atoms with Crippen LogP contribution in [0, 0.1) is 6.92 Å². The third-order valence-electron chi connectivity index (χ3n) is 4.54. The molecule has 1 unspecified atom stereocenters. The molecule has 4 rings (SSSR count). The number of hydrogen-bond acceptors (Lipinski definition) is 3. The van der Waals surface area contributed by atoms with Crippen LogP contribution in [0.5, 0.6) is 0 Å². The molecule has 0 aliphatic carbocycles. The van der Waals surface area contributed by atoms with E-state index in [9.17, 15) is 4.79 Å². The van der Waals surface area contributed by atoms with E-state index in [1.54, 1.807) is 4.68 Å². The second kappa shape index (κ2) is 5.22. The van der Waals surface area contributed by atoms with Gasteiger partial charge in [0.05, 0.1) is 12.2 Å². The van der Waals surface area contributed by atoms with E-state index in [-0.39, 0.29) is 11.9 Å². The first-order chi connectivity index (χ1) is 11.1. The Morgan fingerprint density at radius 2 is 2.17 bits per heavy atom. The van der Waals surface area contributed by atoms with Crippen molar-refractivity contribution in [1.82, 2.24) is 24.1 Å². The average Bonchev–Trinajstić information content (AvgIpc) is 3.24. The van der Waals surface area contributed by atoms with Crippen LogP contribution in [0.2, 0.25) is 0 Å². The highest BCUT2D eigenvalue weighted by Crippen LogP contribution is 2.32. The molecule has 1 aliphatic heterocycles. The Morgan fingerprint density at radius 3 is 2.91 bits per heavy atom. The van der Waals surface area contributed by atoms with Gasteiger partial charge in [0.15, 0.2) is 0 Å². The number of carbonyl (C=O) groups excluding carboxylic acids is 1. The zero-order valence-electron chi connectivity index (χ0n) is 13.3. The van der Waals surface area contributed by atoms with Crippen molar-refractivity contribution < 1.29 is 4.79 Å². The van der Waals surface area contributed by atoms with Crippen molar-refractivity contribution in [2.75, 3.05) is 6.54 Å². The number of amides is 1. The first-order valence-electron chi connectivity index (χ1n) is 7.88. The van der Waals surface area contributed by atoms with Gasteiger partial charge in [-0.05, 0) is 31.9 Å². The van der Waals surface area contributed by atoms with Crippen molar-refractivity contribution in [3.63, 3.8) is 0 Å². The van der Waals surface area contributed by atoms with Gasteiger partial charge >= 0.3 is 0 Å². The van der Waals surface area contributed by atoms with Crippen LogP contribution < -0.4 is 0 Å². The van der Waals surface area contributed by atoms with E-state index in [4.69, 9.17) is 0 Å². The quantitative estimate of drug-likeness (QED) is 0.730. The van der Waals surface area contributed by atoms with Crippen LogP contribution in [0.25, 0.3) is 5.65 Å². The Morgan fingerprint density at radius 1 is 1.30 bits per heavy atom.